The molecule has 10 heteroatoms. The van der Waals surface area contributed by atoms with Crippen LogP contribution in [0.5, 0.6) is 0 Å². The molecule has 9 nitrogen and oxygen atoms in total. The fourth-order valence-corrected chi connectivity index (χ4v) is 1.85. The van der Waals surface area contributed by atoms with E-state index in [1.165, 1.54) is 16.8 Å². The summed E-state index contributed by atoms with van der Waals surface area (Å²) < 4.78 is 6.34. The molecule has 1 heterocycles. The van der Waals surface area contributed by atoms with Crippen molar-refractivity contribution in [3.63, 3.8) is 0 Å². The number of nitrogens with one attached hydrogen (secondary N) is 1. The maximum atomic E-state index is 10.9. The Hall–Kier alpha value is -2.10. The number of methoxy groups -OCH3 is 1. The number of tetrazole rings is 1. The Bertz CT molecular complexity index is 632. The predicted octanol–water partition coefficient (Wildman–Crippen LogP) is 0.960. The lowest BCUT2D eigenvalue weighted by Crippen LogP contribution is -2.21. The third kappa shape index (κ3) is 3.72. The van der Waals surface area contributed by atoms with Gasteiger partial charge < -0.3 is 10.1 Å². The number of halogens is 1. The van der Waals surface area contributed by atoms with Crippen molar-refractivity contribution in [1.29, 1.82) is 0 Å². The molecule has 0 aliphatic heterocycles. The van der Waals surface area contributed by atoms with Gasteiger partial charge in [-0.3, -0.25) is 10.1 Å². The summed E-state index contributed by atoms with van der Waals surface area (Å²) in [6, 6.07) is 4.39. The van der Waals surface area contributed by atoms with E-state index < -0.39 is 4.92 Å². The summed E-state index contributed by atoms with van der Waals surface area (Å²) in [6.45, 7) is 1.62. The average Bonchev–Trinajstić information content (AvgIpc) is 2.92. The van der Waals surface area contributed by atoms with Crippen LogP contribution in [-0.4, -0.2) is 45.4 Å². The van der Waals surface area contributed by atoms with Crippen LogP contribution >= 0.6 is 11.6 Å². The first kappa shape index (κ1) is 15.3. The normalized spacial score (nSPS) is 10.8. The maximum absolute atomic E-state index is 10.9. The molecule has 0 aliphatic rings. The zero-order valence-corrected chi connectivity index (χ0v) is 11.9. The smallest absolute Gasteiger partial charge is 0.290 e. The number of nitrogens with zero attached hydrogens (tertiary/aromatic N) is 5. The van der Waals surface area contributed by atoms with Crippen molar-refractivity contribution in [3.05, 3.63) is 39.2 Å². The number of hydrogen-bond acceptors (Lipinski definition) is 7. The topological polar surface area (TPSA) is 108 Å². The lowest BCUT2D eigenvalue weighted by Gasteiger charge is -2.06. The van der Waals surface area contributed by atoms with Gasteiger partial charge in [-0.2, -0.15) is 4.68 Å². The summed E-state index contributed by atoms with van der Waals surface area (Å²) in [5.41, 5.74) is 0.280. The fraction of sp³-hybridized carbons (Fsp3) is 0.364. The summed E-state index contributed by atoms with van der Waals surface area (Å²) in [4.78, 5) is 10.4. The van der Waals surface area contributed by atoms with Gasteiger partial charge in [-0.05, 0) is 22.6 Å². The highest BCUT2D eigenvalue weighted by molar-refractivity contribution is 6.32. The molecule has 0 spiro atoms. The van der Waals surface area contributed by atoms with E-state index in [1.807, 2.05) is 0 Å². The van der Waals surface area contributed by atoms with Crippen molar-refractivity contribution >= 4 is 17.3 Å². The number of benzene rings is 1. The van der Waals surface area contributed by atoms with E-state index in [-0.39, 0.29) is 10.7 Å². The predicted molar refractivity (Wildman–Crippen MR) is 74.4 cm³/mol. The Morgan fingerprint density at radius 3 is 3.05 bits per heavy atom. The van der Waals surface area contributed by atoms with Gasteiger partial charge in [0.2, 0.25) is 0 Å². The number of nitro groups is 1. The van der Waals surface area contributed by atoms with Crippen LogP contribution in [0.25, 0.3) is 5.69 Å². The van der Waals surface area contributed by atoms with Crippen molar-refractivity contribution in [1.82, 2.24) is 25.5 Å². The molecule has 0 unspecified atom stereocenters. The number of aromatic nitrogens is 4. The standard InChI is InChI=1S/C11H13ClN6O3/c1-21-5-4-13-7-11-14-15-16-17(11)8-2-3-9(12)10(6-8)18(19)20/h2-3,6,13H,4-5,7H2,1H3. The molecule has 0 bridgehead atoms. The number of hydrogen-bond donors (Lipinski definition) is 1. The van der Waals surface area contributed by atoms with Gasteiger partial charge in [0.15, 0.2) is 5.82 Å². The van der Waals surface area contributed by atoms with Crippen LogP contribution in [0.1, 0.15) is 5.82 Å². The van der Waals surface area contributed by atoms with E-state index in [9.17, 15) is 10.1 Å². The van der Waals surface area contributed by atoms with Gasteiger partial charge in [0.1, 0.15) is 5.02 Å². The third-order valence-electron chi connectivity index (χ3n) is 2.67. The van der Waals surface area contributed by atoms with Crippen LogP contribution in [0.3, 0.4) is 0 Å². The highest BCUT2D eigenvalue weighted by Gasteiger charge is 2.16. The quantitative estimate of drug-likeness (QED) is 0.461. The van der Waals surface area contributed by atoms with Gasteiger partial charge >= 0.3 is 0 Å². The Kier molecular flexibility index (Phi) is 5.14. The third-order valence-corrected chi connectivity index (χ3v) is 2.99. The fourth-order valence-electron chi connectivity index (χ4n) is 1.66. The van der Waals surface area contributed by atoms with Gasteiger partial charge in [0, 0.05) is 19.7 Å². The molecule has 0 fully saturated rings. The van der Waals surface area contributed by atoms with Gasteiger partial charge in [-0.1, -0.05) is 11.6 Å². The Morgan fingerprint density at radius 1 is 1.52 bits per heavy atom. The second-order valence-corrected chi connectivity index (χ2v) is 4.48. The van der Waals surface area contributed by atoms with Crippen LogP contribution in [0.4, 0.5) is 5.69 Å². The minimum atomic E-state index is -0.549. The molecule has 1 N–H and O–H groups in total. The Balaban J connectivity index is 2.21. The lowest BCUT2D eigenvalue weighted by molar-refractivity contribution is -0.384. The average molecular weight is 313 g/mol. The second-order valence-electron chi connectivity index (χ2n) is 4.07. The molecule has 0 atom stereocenters. The summed E-state index contributed by atoms with van der Waals surface area (Å²) in [7, 11) is 1.61. The van der Waals surface area contributed by atoms with Crippen LogP contribution in [0.15, 0.2) is 18.2 Å². The van der Waals surface area contributed by atoms with Gasteiger partial charge in [-0.15, -0.1) is 5.10 Å². The van der Waals surface area contributed by atoms with Crippen molar-refractivity contribution in [2.45, 2.75) is 6.54 Å². The maximum Gasteiger partial charge on any atom is 0.290 e. The largest absolute Gasteiger partial charge is 0.383 e. The molecule has 1 aromatic carbocycles. The number of ether oxygens (including phenoxy) is 1. The summed E-state index contributed by atoms with van der Waals surface area (Å²) in [6.07, 6.45) is 0. The van der Waals surface area contributed by atoms with Gasteiger partial charge in [0.05, 0.1) is 23.8 Å². The summed E-state index contributed by atoms with van der Waals surface area (Å²) >= 11 is 5.78. The minimum absolute atomic E-state index is 0.0663. The van der Waals surface area contributed by atoms with E-state index in [1.54, 1.807) is 13.2 Å². The first-order chi connectivity index (χ1) is 10.1. The molecular formula is C11H13ClN6O3. The lowest BCUT2D eigenvalue weighted by atomic mass is 10.3. The zero-order chi connectivity index (χ0) is 15.2. The molecule has 2 aromatic rings. The van der Waals surface area contributed by atoms with Crippen LogP contribution in [0, 0.1) is 10.1 Å². The molecule has 0 aliphatic carbocycles. The number of rotatable bonds is 7. The molecule has 112 valence electrons. The molecule has 1 aromatic heterocycles. The summed E-state index contributed by atoms with van der Waals surface area (Å²) in [5, 5.41) is 25.4. The highest BCUT2D eigenvalue weighted by atomic mass is 35.5. The van der Waals surface area contributed by atoms with Gasteiger partial charge in [0.25, 0.3) is 5.69 Å². The van der Waals surface area contributed by atoms with E-state index in [4.69, 9.17) is 16.3 Å². The van der Waals surface area contributed by atoms with E-state index in [0.717, 1.165) is 0 Å². The van der Waals surface area contributed by atoms with Gasteiger partial charge in [-0.25, -0.2) is 0 Å². The monoisotopic (exact) mass is 312 g/mol. The molecule has 0 amide bonds. The van der Waals surface area contributed by atoms with E-state index >= 15 is 0 Å². The zero-order valence-electron chi connectivity index (χ0n) is 11.2. The first-order valence-electron chi connectivity index (χ1n) is 6.04. The molecule has 2 rings (SSSR count). The molecule has 0 saturated heterocycles. The first-order valence-corrected chi connectivity index (χ1v) is 6.42. The molecule has 21 heavy (non-hydrogen) atoms. The Labute approximate surface area is 125 Å². The highest BCUT2D eigenvalue weighted by Crippen LogP contribution is 2.26. The van der Waals surface area contributed by atoms with E-state index in [2.05, 4.69) is 20.8 Å². The van der Waals surface area contributed by atoms with E-state index in [0.29, 0.717) is 31.2 Å². The van der Waals surface area contributed by atoms with Crippen LogP contribution in [0.2, 0.25) is 5.02 Å². The molecule has 0 saturated carbocycles. The summed E-state index contributed by atoms with van der Waals surface area (Å²) in [5.74, 6) is 0.530. The number of nitro benzene ring substituents is 1. The SMILES string of the molecule is COCCNCc1nnnn1-c1ccc(Cl)c([N+](=O)[O-])c1. The van der Waals surface area contributed by atoms with Crippen molar-refractivity contribution in [2.75, 3.05) is 20.3 Å². The van der Waals surface area contributed by atoms with Crippen molar-refractivity contribution < 1.29 is 9.66 Å². The Morgan fingerprint density at radius 2 is 2.33 bits per heavy atom. The minimum Gasteiger partial charge on any atom is -0.383 e. The second kappa shape index (κ2) is 7.07. The molecular weight excluding hydrogens is 300 g/mol. The van der Waals surface area contributed by atoms with Crippen molar-refractivity contribution in [3.8, 4) is 5.69 Å². The molecule has 0 radical (unpaired) electrons. The van der Waals surface area contributed by atoms with Crippen LogP contribution in [-0.2, 0) is 11.3 Å². The van der Waals surface area contributed by atoms with Crippen molar-refractivity contribution in [2.24, 2.45) is 0 Å². The van der Waals surface area contributed by atoms with Crippen LogP contribution < -0.4 is 5.32 Å².